The Kier molecular flexibility index (Phi) is 6.62. The molecule has 0 unspecified atom stereocenters. The average molecular weight is 498 g/mol. The minimum atomic E-state index is -3.95. The molecule has 0 bridgehead atoms. The molecular weight excluding hydrogens is 470 g/mol. The molecule has 1 atom stereocenters. The summed E-state index contributed by atoms with van der Waals surface area (Å²) in [5.74, 6) is 0.232. The standard InChI is InChI=1S/C25H27N3O4S2/c1-19-9-13-23(14-10-19)33(29,30)26-21(3)27-17-18-28(25(27)22-7-5-4-6-8-22)34(31,32)24-15-11-20(2)12-16-24/h4-16,25H,17-18H2,1-3H3/t25-/m0/s1. The van der Waals surface area contributed by atoms with Gasteiger partial charge in [-0.1, -0.05) is 65.7 Å². The molecule has 1 heterocycles. The zero-order valence-corrected chi connectivity index (χ0v) is 20.9. The molecule has 9 heteroatoms. The fourth-order valence-corrected chi connectivity index (χ4v) is 6.61. The zero-order valence-electron chi connectivity index (χ0n) is 19.3. The lowest BCUT2D eigenvalue weighted by Crippen LogP contribution is -2.37. The van der Waals surface area contributed by atoms with Crippen LogP contribution in [0.15, 0.2) is 93.1 Å². The highest BCUT2D eigenvalue weighted by Crippen LogP contribution is 2.35. The van der Waals surface area contributed by atoms with Crippen LogP contribution in [0.2, 0.25) is 0 Å². The lowest BCUT2D eigenvalue weighted by molar-refractivity contribution is 0.284. The first-order valence-corrected chi connectivity index (χ1v) is 13.8. The molecule has 3 aromatic rings. The van der Waals surface area contributed by atoms with Gasteiger partial charge in [-0.15, -0.1) is 4.40 Å². The number of amidine groups is 1. The molecule has 0 amide bonds. The fourth-order valence-electron chi connectivity index (χ4n) is 4.00. The number of nitrogens with zero attached hydrogens (tertiary/aromatic N) is 3. The molecule has 0 aliphatic carbocycles. The van der Waals surface area contributed by atoms with E-state index in [-0.39, 0.29) is 22.2 Å². The highest BCUT2D eigenvalue weighted by atomic mass is 32.2. The smallest absolute Gasteiger partial charge is 0.283 e. The lowest BCUT2D eigenvalue weighted by Gasteiger charge is -2.31. The molecule has 0 radical (unpaired) electrons. The SMILES string of the molecule is CC(=NS(=O)(=O)c1ccc(C)cc1)N1CCN(S(=O)(=O)c2ccc(C)cc2)[C@H]1c1ccccc1. The zero-order chi connectivity index (χ0) is 24.5. The Morgan fingerprint density at radius 2 is 1.29 bits per heavy atom. The van der Waals surface area contributed by atoms with Crippen molar-refractivity contribution in [2.75, 3.05) is 13.1 Å². The lowest BCUT2D eigenvalue weighted by atomic mass is 10.1. The molecule has 4 rings (SSSR count). The second-order valence-corrected chi connectivity index (χ2v) is 11.8. The van der Waals surface area contributed by atoms with E-state index in [0.29, 0.717) is 6.54 Å². The average Bonchev–Trinajstić information content (AvgIpc) is 3.26. The normalized spacial score (nSPS) is 17.8. The van der Waals surface area contributed by atoms with Crippen molar-refractivity contribution in [2.24, 2.45) is 4.40 Å². The first-order chi connectivity index (χ1) is 16.1. The molecule has 3 aromatic carbocycles. The predicted molar refractivity (Wildman–Crippen MR) is 132 cm³/mol. The summed E-state index contributed by atoms with van der Waals surface area (Å²) in [5.41, 5.74) is 2.64. The second-order valence-electron chi connectivity index (χ2n) is 8.33. The number of sulfonamides is 2. The first kappa shape index (κ1) is 24.1. The van der Waals surface area contributed by atoms with Crippen LogP contribution in [0.5, 0.6) is 0 Å². The van der Waals surface area contributed by atoms with E-state index < -0.39 is 26.2 Å². The van der Waals surface area contributed by atoms with Crippen molar-refractivity contribution in [2.45, 2.75) is 36.7 Å². The van der Waals surface area contributed by atoms with Gasteiger partial charge in [0.25, 0.3) is 10.0 Å². The van der Waals surface area contributed by atoms with Gasteiger partial charge < -0.3 is 4.90 Å². The van der Waals surface area contributed by atoms with Crippen LogP contribution in [-0.4, -0.2) is 45.0 Å². The minimum Gasteiger partial charge on any atom is -0.337 e. The van der Waals surface area contributed by atoms with E-state index >= 15 is 0 Å². The maximum absolute atomic E-state index is 13.6. The van der Waals surface area contributed by atoms with Gasteiger partial charge in [0.2, 0.25) is 10.0 Å². The molecule has 1 aliphatic heterocycles. The molecule has 1 fully saturated rings. The van der Waals surface area contributed by atoms with Gasteiger partial charge >= 0.3 is 0 Å². The Labute approximate surface area is 201 Å². The summed E-state index contributed by atoms with van der Waals surface area (Å²) in [5, 5.41) is 0. The summed E-state index contributed by atoms with van der Waals surface area (Å²) in [6.45, 7) is 5.89. The van der Waals surface area contributed by atoms with Gasteiger partial charge in [-0.3, -0.25) is 0 Å². The van der Waals surface area contributed by atoms with Crippen molar-refractivity contribution in [1.29, 1.82) is 0 Å². The molecule has 0 N–H and O–H groups in total. The van der Waals surface area contributed by atoms with Gasteiger partial charge in [0, 0.05) is 13.1 Å². The molecule has 178 valence electrons. The van der Waals surface area contributed by atoms with E-state index in [9.17, 15) is 16.8 Å². The number of hydrogen-bond donors (Lipinski definition) is 0. The monoisotopic (exact) mass is 497 g/mol. The van der Waals surface area contributed by atoms with Crippen LogP contribution in [0.4, 0.5) is 0 Å². The topological polar surface area (TPSA) is 87.1 Å². The van der Waals surface area contributed by atoms with E-state index in [2.05, 4.69) is 4.40 Å². The second kappa shape index (κ2) is 9.32. The van der Waals surface area contributed by atoms with Crippen LogP contribution in [0.1, 0.15) is 29.8 Å². The van der Waals surface area contributed by atoms with Crippen molar-refractivity contribution in [3.63, 3.8) is 0 Å². The van der Waals surface area contributed by atoms with Gasteiger partial charge in [-0.2, -0.15) is 12.7 Å². The first-order valence-electron chi connectivity index (χ1n) is 10.9. The Bertz CT molecular complexity index is 1400. The summed E-state index contributed by atoms with van der Waals surface area (Å²) >= 11 is 0. The molecule has 1 saturated heterocycles. The highest BCUT2D eigenvalue weighted by molar-refractivity contribution is 7.90. The van der Waals surface area contributed by atoms with Gasteiger partial charge in [-0.25, -0.2) is 8.42 Å². The molecule has 34 heavy (non-hydrogen) atoms. The van der Waals surface area contributed by atoms with Crippen molar-refractivity contribution in [3.05, 3.63) is 95.6 Å². The van der Waals surface area contributed by atoms with E-state index in [0.717, 1.165) is 16.7 Å². The van der Waals surface area contributed by atoms with Crippen LogP contribution in [0, 0.1) is 13.8 Å². The Morgan fingerprint density at radius 1 is 0.765 bits per heavy atom. The summed E-state index contributed by atoms with van der Waals surface area (Å²) in [6, 6.07) is 22.4. The third-order valence-corrected chi connectivity index (χ3v) is 9.08. The third kappa shape index (κ3) is 4.77. The van der Waals surface area contributed by atoms with Gasteiger partial charge in [0.05, 0.1) is 9.79 Å². The molecule has 0 aromatic heterocycles. The van der Waals surface area contributed by atoms with Gasteiger partial charge in [0.15, 0.2) is 0 Å². The van der Waals surface area contributed by atoms with Crippen molar-refractivity contribution < 1.29 is 16.8 Å². The van der Waals surface area contributed by atoms with E-state index in [1.807, 2.05) is 44.2 Å². The van der Waals surface area contributed by atoms with Crippen LogP contribution >= 0.6 is 0 Å². The summed E-state index contributed by atoms with van der Waals surface area (Å²) in [4.78, 5) is 2.02. The van der Waals surface area contributed by atoms with Crippen LogP contribution in [0.25, 0.3) is 0 Å². The number of benzene rings is 3. The quantitative estimate of drug-likeness (QED) is 0.391. The largest absolute Gasteiger partial charge is 0.337 e. The van der Waals surface area contributed by atoms with Crippen LogP contribution in [-0.2, 0) is 20.0 Å². The molecule has 1 aliphatic rings. The Hall–Kier alpha value is -3.01. The number of hydrogen-bond acceptors (Lipinski definition) is 4. The maximum atomic E-state index is 13.6. The summed E-state index contributed by atoms with van der Waals surface area (Å²) < 4.78 is 58.5. The van der Waals surface area contributed by atoms with E-state index in [4.69, 9.17) is 0 Å². The Morgan fingerprint density at radius 3 is 1.85 bits per heavy atom. The van der Waals surface area contributed by atoms with E-state index in [1.54, 1.807) is 48.2 Å². The highest BCUT2D eigenvalue weighted by Gasteiger charge is 2.42. The van der Waals surface area contributed by atoms with Crippen molar-refractivity contribution in [1.82, 2.24) is 9.21 Å². The Balaban J connectivity index is 1.75. The van der Waals surface area contributed by atoms with Crippen LogP contribution < -0.4 is 0 Å². The molecule has 7 nitrogen and oxygen atoms in total. The molecule has 0 saturated carbocycles. The summed E-state index contributed by atoms with van der Waals surface area (Å²) in [6.07, 6.45) is -0.718. The minimum absolute atomic E-state index is 0.0945. The summed E-state index contributed by atoms with van der Waals surface area (Å²) in [7, 11) is -7.78. The van der Waals surface area contributed by atoms with Gasteiger partial charge in [0.1, 0.15) is 12.0 Å². The number of aryl methyl sites for hydroxylation is 2. The predicted octanol–water partition coefficient (Wildman–Crippen LogP) is 4.12. The van der Waals surface area contributed by atoms with Gasteiger partial charge in [-0.05, 0) is 50.6 Å². The van der Waals surface area contributed by atoms with Crippen molar-refractivity contribution >= 4 is 25.9 Å². The fraction of sp³-hybridized carbons (Fsp3) is 0.240. The molecule has 0 spiro atoms. The van der Waals surface area contributed by atoms with E-state index in [1.165, 1.54) is 16.4 Å². The van der Waals surface area contributed by atoms with Crippen LogP contribution in [0.3, 0.4) is 0 Å². The maximum Gasteiger partial charge on any atom is 0.283 e. The molecular formula is C25H27N3O4S2. The number of rotatable bonds is 5. The third-order valence-electron chi connectivity index (χ3n) is 5.84. The van der Waals surface area contributed by atoms with Crippen molar-refractivity contribution in [3.8, 4) is 0 Å².